The lowest BCUT2D eigenvalue weighted by atomic mass is 10.00. The molecule has 0 amide bonds. The zero-order valence-electron chi connectivity index (χ0n) is 11.4. The largest absolute Gasteiger partial charge is 0.493 e. The normalized spacial score (nSPS) is 11.3. The SMILES string of the molecule is C=NC(C)(C)CCCOc1cc(C)ccc1C. The molecule has 0 heterocycles. The van der Waals surface area contributed by atoms with Crippen LogP contribution < -0.4 is 4.74 Å². The first kappa shape index (κ1) is 13.8. The zero-order valence-corrected chi connectivity index (χ0v) is 11.4. The van der Waals surface area contributed by atoms with Crippen LogP contribution in [0.2, 0.25) is 0 Å². The van der Waals surface area contributed by atoms with E-state index in [4.69, 9.17) is 4.74 Å². The number of benzene rings is 1. The number of aryl methyl sites for hydroxylation is 2. The van der Waals surface area contributed by atoms with Gasteiger partial charge in [-0.25, -0.2) is 0 Å². The highest BCUT2D eigenvalue weighted by atomic mass is 16.5. The third-order valence-electron chi connectivity index (χ3n) is 2.96. The van der Waals surface area contributed by atoms with Gasteiger partial charge in [-0.2, -0.15) is 0 Å². The molecule has 2 nitrogen and oxygen atoms in total. The van der Waals surface area contributed by atoms with Crippen LogP contribution in [0.1, 0.15) is 37.8 Å². The van der Waals surface area contributed by atoms with Crippen molar-refractivity contribution in [3.63, 3.8) is 0 Å². The number of rotatable bonds is 6. The summed E-state index contributed by atoms with van der Waals surface area (Å²) in [5.74, 6) is 0.995. The Hall–Kier alpha value is -1.31. The molecule has 0 N–H and O–H groups in total. The summed E-state index contributed by atoms with van der Waals surface area (Å²) >= 11 is 0. The summed E-state index contributed by atoms with van der Waals surface area (Å²) in [6.07, 6.45) is 2.00. The summed E-state index contributed by atoms with van der Waals surface area (Å²) in [5, 5.41) is 0. The maximum Gasteiger partial charge on any atom is 0.122 e. The van der Waals surface area contributed by atoms with Crippen molar-refractivity contribution in [1.82, 2.24) is 0 Å². The average Bonchev–Trinajstić information content (AvgIpc) is 2.29. The van der Waals surface area contributed by atoms with Crippen molar-refractivity contribution in [2.75, 3.05) is 6.61 Å². The van der Waals surface area contributed by atoms with Gasteiger partial charge in [0.2, 0.25) is 0 Å². The van der Waals surface area contributed by atoms with Gasteiger partial charge in [-0.3, -0.25) is 4.99 Å². The Morgan fingerprint density at radius 2 is 2.00 bits per heavy atom. The molecule has 0 radical (unpaired) electrons. The van der Waals surface area contributed by atoms with Crippen LogP contribution in [0, 0.1) is 13.8 Å². The van der Waals surface area contributed by atoms with Crippen LogP contribution in [-0.2, 0) is 0 Å². The predicted molar refractivity (Wildman–Crippen MR) is 74.3 cm³/mol. The molecular formula is C15H23NO. The Bertz CT molecular complexity index is 383. The number of nitrogens with zero attached hydrogens (tertiary/aromatic N) is 1. The molecule has 0 aromatic heterocycles. The van der Waals surface area contributed by atoms with Crippen molar-refractivity contribution >= 4 is 6.72 Å². The predicted octanol–water partition coefficient (Wildman–Crippen LogP) is 3.94. The van der Waals surface area contributed by atoms with Gasteiger partial charge in [-0.05, 0) is 64.4 Å². The minimum absolute atomic E-state index is 0.0367. The van der Waals surface area contributed by atoms with Crippen LogP contribution in [0.3, 0.4) is 0 Å². The lowest BCUT2D eigenvalue weighted by molar-refractivity contribution is 0.288. The summed E-state index contributed by atoms with van der Waals surface area (Å²) in [4.78, 5) is 4.09. The molecular weight excluding hydrogens is 210 g/mol. The van der Waals surface area contributed by atoms with E-state index in [-0.39, 0.29) is 5.54 Å². The first-order valence-electron chi connectivity index (χ1n) is 6.12. The standard InChI is InChI=1S/C15H23NO/c1-12-7-8-13(2)14(11-12)17-10-6-9-15(3,4)16-5/h7-8,11H,5-6,9-10H2,1-4H3. The van der Waals surface area contributed by atoms with Crippen molar-refractivity contribution in [3.8, 4) is 5.75 Å². The molecule has 1 aromatic rings. The summed E-state index contributed by atoms with van der Waals surface area (Å²) in [5.41, 5.74) is 2.39. The molecule has 17 heavy (non-hydrogen) atoms. The second-order valence-corrected chi connectivity index (χ2v) is 5.19. The summed E-state index contributed by atoms with van der Waals surface area (Å²) in [6, 6.07) is 6.29. The van der Waals surface area contributed by atoms with E-state index in [0.29, 0.717) is 0 Å². The molecule has 1 aromatic carbocycles. The third kappa shape index (κ3) is 4.59. The molecule has 0 bridgehead atoms. The molecule has 0 saturated carbocycles. The van der Waals surface area contributed by atoms with Gasteiger partial charge in [0.25, 0.3) is 0 Å². The zero-order chi connectivity index (χ0) is 12.9. The minimum Gasteiger partial charge on any atom is -0.493 e. The number of hydrogen-bond acceptors (Lipinski definition) is 2. The fourth-order valence-electron chi connectivity index (χ4n) is 1.63. The van der Waals surface area contributed by atoms with Crippen LogP contribution in [0.25, 0.3) is 0 Å². The monoisotopic (exact) mass is 233 g/mol. The Morgan fingerprint density at radius 1 is 1.29 bits per heavy atom. The fraction of sp³-hybridized carbons (Fsp3) is 0.533. The van der Waals surface area contributed by atoms with Crippen molar-refractivity contribution < 1.29 is 4.74 Å². The number of ether oxygens (including phenoxy) is 1. The number of aliphatic imine (C=N–C) groups is 1. The van der Waals surface area contributed by atoms with E-state index in [2.05, 4.69) is 57.6 Å². The smallest absolute Gasteiger partial charge is 0.122 e. The summed E-state index contributed by atoms with van der Waals surface area (Å²) in [6.45, 7) is 12.7. The Kier molecular flexibility index (Phi) is 4.73. The minimum atomic E-state index is -0.0367. The van der Waals surface area contributed by atoms with E-state index in [0.717, 1.165) is 25.2 Å². The second kappa shape index (κ2) is 5.85. The highest BCUT2D eigenvalue weighted by molar-refractivity contribution is 5.35. The van der Waals surface area contributed by atoms with Crippen molar-refractivity contribution in [3.05, 3.63) is 29.3 Å². The van der Waals surface area contributed by atoms with Crippen LogP contribution in [-0.4, -0.2) is 18.9 Å². The Morgan fingerprint density at radius 3 is 2.65 bits per heavy atom. The van der Waals surface area contributed by atoms with E-state index >= 15 is 0 Å². The van der Waals surface area contributed by atoms with E-state index in [1.165, 1.54) is 11.1 Å². The van der Waals surface area contributed by atoms with Gasteiger partial charge in [0.1, 0.15) is 5.75 Å². The van der Waals surface area contributed by atoms with Gasteiger partial charge < -0.3 is 4.74 Å². The third-order valence-corrected chi connectivity index (χ3v) is 2.96. The van der Waals surface area contributed by atoms with Gasteiger partial charge in [0.15, 0.2) is 0 Å². The van der Waals surface area contributed by atoms with Crippen molar-refractivity contribution in [2.24, 2.45) is 4.99 Å². The Labute approximate surface area is 105 Å². The van der Waals surface area contributed by atoms with Gasteiger partial charge >= 0.3 is 0 Å². The molecule has 0 spiro atoms. The first-order valence-corrected chi connectivity index (χ1v) is 6.12. The van der Waals surface area contributed by atoms with Crippen molar-refractivity contribution in [2.45, 2.75) is 46.1 Å². The average molecular weight is 233 g/mol. The first-order chi connectivity index (χ1) is 7.94. The maximum atomic E-state index is 5.80. The van der Waals surface area contributed by atoms with E-state index in [1.54, 1.807) is 0 Å². The lowest BCUT2D eigenvalue weighted by Crippen LogP contribution is -2.17. The molecule has 2 heteroatoms. The molecule has 0 unspecified atom stereocenters. The summed E-state index contributed by atoms with van der Waals surface area (Å²) < 4.78 is 5.80. The van der Waals surface area contributed by atoms with Crippen molar-refractivity contribution in [1.29, 1.82) is 0 Å². The molecule has 0 saturated heterocycles. The molecule has 0 aliphatic carbocycles. The van der Waals surface area contributed by atoms with Crippen LogP contribution in [0.15, 0.2) is 23.2 Å². The molecule has 1 rings (SSSR count). The topological polar surface area (TPSA) is 21.6 Å². The highest BCUT2D eigenvalue weighted by Gasteiger charge is 2.13. The van der Waals surface area contributed by atoms with Crippen LogP contribution >= 0.6 is 0 Å². The van der Waals surface area contributed by atoms with Gasteiger partial charge in [-0.1, -0.05) is 12.1 Å². The Balaban J connectivity index is 2.41. The van der Waals surface area contributed by atoms with Gasteiger partial charge in [0.05, 0.1) is 12.1 Å². The van der Waals surface area contributed by atoms with Gasteiger partial charge in [0, 0.05) is 0 Å². The summed E-state index contributed by atoms with van der Waals surface area (Å²) in [7, 11) is 0. The molecule has 0 atom stereocenters. The fourth-order valence-corrected chi connectivity index (χ4v) is 1.63. The van der Waals surface area contributed by atoms with Gasteiger partial charge in [-0.15, -0.1) is 0 Å². The van der Waals surface area contributed by atoms with Crippen LogP contribution in [0.4, 0.5) is 0 Å². The lowest BCUT2D eigenvalue weighted by Gasteiger charge is -2.18. The molecule has 0 aliphatic rings. The molecule has 94 valence electrons. The number of hydrogen-bond donors (Lipinski definition) is 0. The quantitative estimate of drug-likeness (QED) is 0.538. The van der Waals surface area contributed by atoms with E-state index < -0.39 is 0 Å². The second-order valence-electron chi connectivity index (χ2n) is 5.19. The molecule has 0 aliphatic heterocycles. The molecule has 0 fully saturated rings. The maximum absolute atomic E-state index is 5.80. The van der Waals surface area contributed by atoms with E-state index in [9.17, 15) is 0 Å². The van der Waals surface area contributed by atoms with E-state index in [1.807, 2.05) is 0 Å². The van der Waals surface area contributed by atoms with Crippen LogP contribution in [0.5, 0.6) is 5.75 Å². The highest BCUT2D eigenvalue weighted by Crippen LogP contribution is 2.20.